The summed E-state index contributed by atoms with van der Waals surface area (Å²) in [6, 6.07) is 5.49. The van der Waals surface area contributed by atoms with Gasteiger partial charge in [0.15, 0.2) is 0 Å². The Kier molecular flexibility index (Phi) is 3.13. The Morgan fingerprint density at radius 2 is 2.29 bits per heavy atom. The van der Waals surface area contributed by atoms with Crippen LogP contribution in [0, 0.1) is 0 Å². The molecule has 0 aliphatic heterocycles. The molecule has 0 spiro atoms. The van der Waals surface area contributed by atoms with Crippen molar-refractivity contribution in [1.29, 1.82) is 0 Å². The largest absolute Gasteiger partial charge is 0.350 e. The Morgan fingerprint density at radius 3 is 3.00 bits per heavy atom. The molecule has 5 heteroatoms. The quantitative estimate of drug-likeness (QED) is 0.871. The first kappa shape index (κ1) is 12.0. The van der Waals surface area contributed by atoms with Gasteiger partial charge < -0.3 is 11.1 Å². The molecule has 0 atom stereocenters. The molecule has 17 heavy (non-hydrogen) atoms. The average Bonchev–Trinajstić information content (AvgIpc) is 2.71. The van der Waals surface area contributed by atoms with E-state index in [0.717, 1.165) is 10.2 Å². The third-order valence-corrected chi connectivity index (χ3v) is 3.09. The van der Waals surface area contributed by atoms with Crippen LogP contribution in [0.1, 0.15) is 24.2 Å². The number of carbonyl (C=O) groups is 1. The number of thiazole rings is 1. The summed E-state index contributed by atoms with van der Waals surface area (Å²) in [5.74, 6) is -0.0983. The molecule has 1 aromatic heterocycles. The average molecular weight is 249 g/mol. The first-order valence-corrected chi connectivity index (χ1v) is 6.24. The smallest absolute Gasteiger partial charge is 0.251 e. The van der Waals surface area contributed by atoms with E-state index in [2.05, 4.69) is 10.3 Å². The molecular weight excluding hydrogens is 234 g/mol. The summed E-state index contributed by atoms with van der Waals surface area (Å²) in [5.41, 5.74) is 8.75. The van der Waals surface area contributed by atoms with Crippen LogP contribution in [-0.2, 0) is 0 Å². The van der Waals surface area contributed by atoms with Crippen molar-refractivity contribution < 1.29 is 4.79 Å². The van der Waals surface area contributed by atoms with Gasteiger partial charge in [-0.1, -0.05) is 0 Å². The van der Waals surface area contributed by atoms with Crippen LogP contribution < -0.4 is 11.1 Å². The zero-order chi connectivity index (χ0) is 12.5. The predicted molar refractivity (Wildman–Crippen MR) is 70.2 cm³/mol. The third-order valence-electron chi connectivity index (χ3n) is 2.30. The second-order valence-corrected chi connectivity index (χ2v) is 5.59. The molecule has 0 saturated carbocycles. The number of nitrogens with two attached hydrogens (primary N) is 1. The minimum absolute atomic E-state index is 0.0983. The van der Waals surface area contributed by atoms with E-state index in [4.69, 9.17) is 5.73 Å². The number of aromatic nitrogens is 1. The van der Waals surface area contributed by atoms with E-state index >= 15 is 0 Å². The lowest BCUT2D eigenvalue weighted by Crippen LogP contribution is -2.45. The molecule has 4 nitrogen and oxygen atoms in total. The predicted octanol–water partition coefficient (Wildman–Crippen LogP) is 1.76. The summed E-state index contributed by atoms with van der Waals surface area (Å²) in [7, 11) is 0. The maximum atomic E-state index is 11.9. The van der Waals surface area contributed by atoms with Gasteiger partial charge in [-0.05, 0) is 32.0 Å². The molecule has 2 rings (SSSR count). The van der Waals surface area contributed by atoms with Gasteiger partial charge in [0.05, 0.1) is 15.7 Å². The molecule has 1 heterocycles. The second kappa shape index (κ2) is 4.43. The number of hydrogen-bond donors (Lipinski definition) is 2. The Balaban J connectivity index is 2.13. The summed E-state index contributed by atoms with van der Waals surface area (Å²) in [6.45, 7) is 4.20. The van der Waals surface area contributed by atoms with Gasteiger partial charge >= 0.3 is 0 Å². The third kappa shape index (κ3) is 3.01. The number of nitrogens with one attached hydrogen (secondary N) is 1. The van der Waals surface area contributed by atoms with Crippen molar-refractivity contribution in [2.24, 2.45) is 5.73 Å². The van der Waals surface area contributed by atoms with Gasteiger partial charge in [-0.3, -0.25) is 4.79 Å². The summed E-state index contributed by atoms with van der Waals surface area (Å²) in [6.07, 6.45) is 0. The highest BCUT2D eigenvalue weighted by atomic mass is 32.1. The lowest BCUT2D eigenvalue weighted by molar-refractivity contribution is 0.0946. The van der Waals surface area contributed by atoms with Crippen LogP contribution >= 0.6 is 11.3 Å². The molecule has 90 valence electrons. The van der Waals surface area contributed by atoms with Crippen molar-refractivity contribution in [3.63, 3.8) is 0 Å². The summed E-state index contributed by atoms with van der Waals surface area (Å²) < 4.78 is 1.02. The molecule has 3 N–H and O–H groups in total. The fourth-order valence-corrected chi connectivity index (χ4v) is 2.12. The second-order valence-electron chi connectivity index (χ2n) is 4.71. The van der Waals surface area contributed by atoms with E-state index < -0.39 is 5.54 Å². The molecule has 0 aliphatic carbocycles. The Hall–Kier alpha value is -1.46. The van der Waals surface area contributed by atoms with E-state index in [-0.39, 0.29) is 5.91 Å². The summed E-state index contributed by atoms with van der Waals surface area (Å²) in [5, 5.41) is 2.82. The number of fused-ring (bicyclic) bond motifs is 1. The maximum absolute atomic E-state index is 11.9. The van der Waals surface area contributed by atoms with Crippen molar-refractivity contribution in [3.8, 4) is 0 Å². The molecule has 0 radical (unpaired) electrons. The van der Waals surface area contributed by atoms with Crippen LogP contribution in [0.2, 0.25) is 0 Å². The maximum Gasteiger partial charge on any atom is 0.251 e. The van der Waals surface area contributed by atoms with Gasteiger partial charge in [0.2, 0.25) is 0 Å². The highest BCUT2D eigenvalue weighted by molar-refractivity contribution is 7.16. The molecule has 0 fully saturated rings. The van der Waals surface area contributed by atoms with Gasteiger partial charge in [-0.2, -0.15) is 0 Å². The SMILES string of the molecule is CC(C)(N)CNC(=O)c1ccc2ncsc2c1. The van der Waals surface area contributed by atoms with E-state index in [1.807, 2.05) is 26.0 Å². The molecule has 2 aromatic rings. The molecule has 0 saturated heterocycles. The molecule has 0 bridgehead atoms. The number of hydrogen-bond acceptors (Lipinski definition) is 4. The van der Waals surface area contributed by atoms with E-state index in [0.29, 0.717) is 12.1 Å². The van der Waals surface area contributed by atoms with Gasteiger partial charge in [-0.25, -0.2) is 4.98 Å². The number of amides is 1. The first-order valence-electron chi connectivity index (χ1n) is 5.36. The highest BCUT2D eigenvalue weighted by Crippen LogP contribution is 2.18. The molecule has 0 aliphatic rings. The Labute approximate surface area is 104 Å². The zero-order valence-electron chi connectivity index (χ0n) is 9.86. The van der Waals surface area contributed by atoms with Crippen LogP contribution in [0.4, 0.5) is 0 Å². The van der Waals surface area contributed by atoms with Crippen LogP contribution in [0.15, 0.2) is 23.7 Å². The van der Waals surface area contributed by atoms with Crippen LogP contribution in [-0.4, -0.2) is 23.0 Å². The van der Waals surface area contributed by atoms with E-state index in [9.17, 15) is 4.79 Å². The van der Waals surface area contributed by atoms with E-state index in [1.54, 1.807) is 11.6 Å². The summed E-state index contributed by atoms with van der Waals surface area (Å²) >= 11 is 1.53. The van der Waals surface area contributed by atoms with Gasteiger partial charge in [0.1, 0.15) is 0 Å². The highest BCUT2D eigenvalue weighted by Gasteiger charge is 2.13. The zero-order valence-corrected chi connectivity index (χ0v) is 10.7. The van der Waals surface area contributed by atoms with Gasteiger partial charge in [0, 0.05) is 17.6 Å². The van der Waals surface area contributed by atoms with Crippen molar-refractivity contribution >= 4 is 27.5 Å². The standard InChI is InChI=1S/C12H15N3OS/c1-12(2,13)6-14-11(16)8-3-4-9-10(5-8)17-7-15-9/h3-5,7H,6,13H2,1-2H3,(H,14,16). The Morgan fingerprint density at radius 1 is 1.53 bits per heavy atom. The minimum atomic E-state index is -0.399. The molecular formula is C12H15N3OS. The fourth-order valence-electron chi connectivity index (χ4n) is 1.41. The van der Waals surface area contributed by atoms with Gasteiger partial charge in [-0.15, -0.1) is 11.3 Å². The Bertz CT molecular complexity index is 542. The fraction of sp³-hybridized carbons (Fsp3) is 0.333. The first-order chi connectivity index (χ1) is 7.96. The van der Waals surface area contributed by atoms with Crippen LogP contribution in [0.3, 0.4) is 0 Å². The topological polar surface area (TPSA) is 68.0 Å². The van der Waals surface area contributed by atoms with Crippen molar-refractivity contribution in [1.82, 2.24) is 10.3 Å². The van der Waals surface area contributed by atoms with E-state index in [1.165, 1.54) is 11.3 Å². The van der Waals surface area contributed by atoms with Crippen LogP contribution in [0.5, 0.6) is 0 Å². The normalized spacial score (nSPS) is 11.7. The van der Waals surface area contributed by atoms with Crippen molar-refractivity contribution in [2.45, 2.75) is 19.4 Å². The van der Waals surface area contributed by atoms with Crippen LogP contribution in [0.25, 0.3) is 10.2 Å². The molecule has 0 unspecified atom stereocenters. The lowest BCUT2D eigenvalue weighted by Gasteiger charge is -2.18. The molecule has 1 aromatic carbocycles. The summed E-state index contributed by atoms with van der Waals surface area (Å²) in [4.78, 5) is 16.0. The number of nitrogens with zero attached hydrogens (tertiary/aromatic N) is 1. The molecule has 1 amide bonds. The van der Waals surface area contributed by atoms with Gasteiger partial charge in [0.25, 0.3) is 5.91 Å². The van der Waals surface area contributed by atoms with Crippen molar-refractivity contribution in [3.05, 3.63) is 29.3 Å². The van der Waals surface area contributed by atoms with Crippen molar-refractivity contribution in [2.75, 3.05) is 6.54 Å². The number of rotatable bonds is 3. The monoisotopic (exact) mass is 249 g/mol. The lowest BCUT2D eigenvalue weighted by atomic mass is 10.1. The number of carbonyl (C=O) groups excluding carboxylic acids is 1. The number of benzene rings is 1. The minimum Gasteiger partial charge on any atom is -0.350 e.